The van der Waals surface area contributed by atoms with Gasteiger partial charge in [-0.15, -0.1) is 0 Å². The Bertz CT molecular complexity index is 3230. The fourth-order valence-corrected chi connectivity index (χ4v) is 8.57. The maximum absolute atomic E-state index is 6.54. The Morgan fingerprint density at radius 2 is 0.857 bits per heavy atom. The minimum atomic E-state index is 0.890. The second-order valence-corrected chi connectivity index (χ2v) is 14.5. The van der Waals surface area contributed by atoms with Gasteiger partial charge in [0.05, 0.1) is 5.69 Å². The Balaban J connectivity index is 1.10. The molecule has 11 rings (SSSR count). The molecule has 0 fully saturated rings. The summed E-state index contributed by atoms with van der Waals surface area (Å²) < 4.78 is 6.54. The van der Waals surface area contributed by atoms with Crippen LogP contribution in [0.5, 0.6) is 0 Å². The van der Waals surface area contributed by atoms with Crippen molar-refractivity contribution in [2.75, 3.05) is 4.90 Å². The Morgan fingerprint density at radius 3 is 1.64 bits per heavy atom. The van der Waals surface area contributed by atoms with E-state index in [2.05, 4.69) is 211 Å². The zero-order valence-corrected chi connectivity index (χ0v) is 30.6. The van der Waals surface area contributed by atoms with Crippen molar-refractivity contribution in [2.24, 2.45) is 0 Å². The molecule has 1 aromatic heterocycles. The molecule has 0 radical (unpaired) electrons. The van der Waals surface area contributed by atoms with E-state index in [1.165, 1.54) is 54.7 Å². The number of furan rings is 1. The molecule has 0 aliphatic carbocycles. The number of hydrogen-bond acceptors (Lipinski definition) is 2. The lowest BCUT2D eigenvalue weighted by atomic mass is 9.91. The van der Waals surface area contributed by atoms with Crippen LogP contribution in [0.2, 0.25) is 0 Å². The molecule has 0 amide bonds. The van der Waals surface area contributed by atoms with Gasteiger partial charge in [0.1, 0.15) is 11.2 Å². The van der Waals surface area contributed by atoms with E-state index in [9.17, 15) is 0 Å². The molecule has 0 saturated heterocycles. The van der Waals surface area contributed by atoms with Crippen LogP contribution >= 0.6 is 0 Å². The SMILES string of the molecule is c1ccc(-c2ccc(N(c3ccc(-c4ccc5c(ccc6ccccc65)c4)cc3)c3ccccc3-c3c4ccccc4cc4oc5ccccc5c34)cc2)cc1. The Kier molecular flexibility index (Phi) is 7.53. The van der Waals surface area contributed by atoms with Gasteiger partial charge in [-0.3, -0.25) is 0 Å². The lowest BCUT2D eigenvalue weighted by Crippen LogP contribution is -2.11. The van der Waals surface area contributed by atoms with E-state index in [0.717, 1.165) is 50.0 Å². The third-order valence-corrected chi connectivity index (χ3v) is 11.2. The molecule has 1 heterocycles. The quantitative estimate of drug-likeness (QED) is 0.160. The van der Waals surface area contributed by atoms with Gasteiger partial charge >= 0.3 is 0 Å². The molecule has 0 aliphatic rings. The lowest BCUT2D eigenvalue weighted by molar-refractivity contribution is 0.669. The van der Waals surface area contributed by atoms with Crippen LogP contribution in [-0.2, 0) is 0 Å². The van der Waals surface area contributed by atoms with Gasteiger partial charge in [0.25, 0.3) is 0 Å². The summed E-state index contributed by atoms with van der Waals surface area (Å²) in [6.45, 7) is 0. The molecule has 56 heavy (non-hydrogen) atoms. The van der Waals surface area contributed by atoms with Crippen LogP contribution in [0.15, 0.2) is 217 Å². The topological polar surface area (TPSA) is 16.4 Å². The Morgan fingerprint density at radius 1 is 0.321 bits per heavy atom. The second-order valence-electron chi connectivity index (χ2n) is 14.5. The number of benzene rings is 10. The van der Waals surface area contributed by atoms with Crippen molar-refractivity contribution in [1.29, 1.82) is 0 Å². The standard InChI is InChI=1S/C54H35NO/c1-2-12-36(13-3-1)37-24-29-43(30-25-37)55(44-31-26-38(27-32-44)40-28-33-46-42(34-40)23-22-39-14-4-6-16-45(39)46)50-20-10-8-18-48(50)53-47-17-7-5-15-41(47)35-52-54(53)49-19-9-11-21-51(49)56-52/h1-35H. The van der Waals surface area contributed by atoms with Crippen molar-refractivity contribution in [2.45, 2.75) is 0 Å². The molecular weight excluding hydrogens is 679 g/mol. The predicted molar refractivity (Wildman–Crippen MR) is 237 cm³/mol. The van der Waals surface area contributed by atoms with Gasteiger partial charge in [-0.2, -0.15) is 0 Å². The zero-order valence-electron chi connectivity index (χ0n) is 30.6. The molecule has 262 valence electrons. The molecule has 0 saturated carbocycles. The average Bonchev–Trinajstić information content (AvgIpc) is 3.64. The van der Waals surface area contributed by atoms with Gasteiger partial charge in [-0.1, -0.05) is 164 Å². The zero-order chi connectivity index (χ0) is 37.0. The van der Waals surface area contributed by atoms with Gasteiger partial charge in [0.15, 0.2) is 0 Å². The van der Waals surface area contributed by atoms with E-state index < -0.39 is 0 Å². The molecule has 0 unspecified atom stereocenters. The number of hydrogen-bond donors (Lipinski definition) is 0. The van der Waals surface area contributed by atoms with Crippen molar-refractivity contribution in [3.63, 3.8) is 0 Å². The molecule has 0 N–H and O–H groups in total. The minimum Gasteiger partial charge on any atom is -0.456 e. The van der Waals surface area contributed by atoms with Gasteiger partial charge in [-0.25, -0.2) is 0 Å². The van der Waals surface area contributed by atoms with E-state index in [-0.39, 0.29) is 0 Å². The third kappa shape index (κ3) is 5.34. The minimum absolute atomic E-state index is 0.890. The summed E-state index contributed by atoms with van der Waals surface area (Å²) in [4.78, 5) is 2.40. The molecule has 10 aromatic carbocycles. The fraction of sp³-hybridized carbons (Fsp3) is 0. The molecule has 0 spiro atoms. The first-order chi connectivity index (χ1) is 27.8. The van der Waals surface area contributed by atoms with Gasteiger partial charge in [-0.05, 0) is 103 Å². The first-order valence-electron chi connectivity index (χ1n) is 19.2. The summed E-state index contributed by atoms with van der Waals surface area (Å²) in [5.74, 6) is 0. The van der Waals surface area contributed by atoms with Crippen LogP contribution in [0, 0.1) is 0 Å². The van der Waals surface area contributed by atoms with E-state index in [1.54, 1.807) is 0 Å². The van der Waals surface area contributed by atoms with Crippen LogP contribution in [0.25, 0.3) is 87.6 Å². The average molecular weight is 714 g/mol. The van der Waals surface area contributed by atoms with Crippen LogP contribution in [-0.4, -0.2) is 0 Å². The molecule has 0 bridgehead atoms. The number of fused-ring (bicyclic) bond motifs is 7. The molecule has 0 aliphatic heterocycles. The maximum atomic E-state index is 6.54. The third-order valence-electron chi connectivity index (χ3n) is 11.2. The van der Waals surface area contributed by atoms with E-state index in [4.69, 9.17) is 4.42 Å². The van der Waals surface area contributed by atoms with Crippen LogP contribution in [0.4, 0.5) is 17.1 Å². The summed E-state index contributed by atoms with van der Waals surface area (Å²) >= 11 is 0. The van der Waals surface area contributed by atoms with Gasteiger partial charge in [0, 0.05) is 33.3 Å². The predicted octanol–water partition coefficient (Wildman–Crippen LogP) is 15.5. The Labute approximate surface area is 325 Å². The number of anilines is 3. The lowest BCUT2D eigenvalue weighted by Gasteiger charge is -2.29. The largest absolute Gasteiger partial charge is 0.456 e. The summed E-state index contributed by atoms with van der Waals surface area (Å²) in [7, 11) is 0. The van der Waals surface area contributed by atoms with Crippen molar-refractivity contribution in [3.8, 4) is 33.4 Å². The molecule has 2 nitrogen and oxygen atoms in total. The van der Waals surface area contributed by atoms with Crippen molar-refractivity contribution < 1.29 is 4.42 Å². The van der Waals surface area contributed by atoms with Crippen molar-refractivity contribution in [1.82, 2.24) is 0 Å². The Hall–Kier alpha value is -7.42. The highest BCUT2D eigenvalue weighted by molar-refractivity contribution is 6.22. The van der Waals surface area contributed by atoms with Crippen molar-refractivity contribution >= 4 is 71.3 Å². The van der Waals surface area contributed by atoms with E-state index >= 15 is 0 Å². The fourth-order valence-electron chi connectivity index (χ4n) is 8.57. The highest BCUT2D eigenvalue weighted by Crippen LogP contribution is 2.48. The summed E-state index contributed by atoms with van der Waals surface area (Å²) in [6, 6.07) is 76.5. The smallest absolute Gasteiger partial charge is 0.136 e. The van der Waals surface area contributed by atoms with Crippen molar-refractivity contribution in [3.05, 3.63) is 212 Å². The van der Waals surface area contributed by atoms with Gasteiger partial charge < -0.3 is 9.32 Å². The summed E-state index contributed by atoms with van der Waals surface area (Å²) in [5, 5.41) is 9.65. The maximum Gasteiger partial charge on any atom is 0.136 e. The normalized spacial score (nSPS) is 11.6. The van der Waals surface area contributed by atoms with Crippen LogP contribution in [0.1, 0.15) is 0 Å². The first-order valence-corrected chi connectivity index (χ1v) is 19.2. The summed E-state index contributed by atoms with van der Waals surface area (Å²) in [6.07, 6.45) is 0. The van der Waals surface area contributed by atoms with Crippen LogP contribution < -0.4 is 4.90 Å². The van der Waals surface area contributed by atoms with Crippen LogP contribution in [0.3, 0.4) is 0 Å². The van der Waals surface area contributed by atoms with E-state index in [0.29, 0.717) is 0 Å². The highest BCUT2D eigenvalue weighted by Gasteiger charge is 2.22. The molecule has 2 heteroatoms. The number of rotatable bonds is 6. The van der Waals surface area contributed by atoms with E-state index in [1.807, 2.05) is 6.07 Å². The molecule has 0 atom stereocenters. The number of para-hydroxylation sites is 2. The highest BCUT2D eigenvalue weighted by atomic mass is 16.3. The molecule has 11 aromatic rings. The molecular formula is C54H35NO. The first kappa shape index (κ1) is 32.0. The monoisotopic (exact) mass is 713 g/mol. The van der Waals surface area contributed by atoms with Gasteiger partial charge in [0.2, 0.25) is 0 Å². The second kappa shape index (κ2) is 13.2. The summed E-state index contributed by atoms with van der Waals surface area (Å²) in [5.41, 5.74) is 12.1. The number of nitrogens with zero attached hydrogens (tertiary/aromatic N) is 1.